The van der Waals surface area contributed by atoms with E-state index >= 15 is 0 Å². The van der Waals surface area contributed by atoms with Crippen molar-refractivity contribution in [1.29, 1.82) is 0 Å². The summed E-state index contributed by atoms with van der Waals surface area (Å²) in [6.45, 7) is 4.74. The predicted molar refractivity (Wildman–Crippen MR) is 187 cm³/mol. The van der Waals surface area contributed by atoms with Crippen LogP contribution in [0.5, 0.6) is 0 Å². The van der Waals surface area contributed by atoms with Gasteiger partial charge in [0.25, 0.3) is 0 Å². The molecule has 10 rings (SSSR count). The lowest BCUT2D eigenvalue weighted by molar-refractivity contribution is 0.663. The second-order valence-electron chi connectivity index (χ2n) is 12.8. The van der Waals surface area contributed by atoms with Crippen LogP contribution in [-0.4, -0.2) is 0 Å². The molecule has 0 spiro atoms. The van der Waals surface area contributed by atoms with Gasteiger partial charge in [-0.3, -0.25) is 0 Å². The van der Waals surface area contributed by atoms with E-state index in [0.29, 0.717) is 0 Å². The van der Waals surface area contributed by atoms with Crippen molar-refractivity contribution in [2.75, 3.05) is 0 Å². The number of hydrogen-bond acceptors (Lipinski definition) is 1. The van der Waals surface area contributed by atoms with Crippen LogP contribution in [0.2, 0.25) is 0 Å². The van der Waals surface area contributed by atoms with Gasteiger partial charge in [-0.1, -0.05) is 123 Å². The minimum Gasteiger partial charge on any atom is -0.456 e. The lowest BCUT2D eigenvalue weighted by Gasteiger charge is -2.21. The normalized spacial score (nSPS) is 13.9. The first-order valence-corrected chi connectivity index (χ1v) is 15.4. The molecule has 1 heterocycles. The molecule has 0 unspecified atom stereocenters. The van der Waals surface area contributed by atoms with E-state index in [4.69, 9.17) is 4.42 Å². The molecule has 0 fully saturated rings. The first kappa shape index (κ1) is 24.1. The molecule has 206 valence electrons. The zero-order chi connectivity index (χ0) is 29.2. The SMILES string of the molecule is CC1(C)c2cccc3cc(-c4c5ccccc5c(-c5ccc6c(c5)oc5ccccc56)c5ccccc45)c4cccc1c4c23. The quantitative estimate of drug-likeness (QED) is 0.151. The van der Waals surface area contributed by atoms with Gasteiger partial charge < -0.3 is 4.42 Å². The van der Waals surface area contributed by atoms with Crippen LogP contribution >= 0.6 is 0 Å². The monoisotopic (exact) mass is 560 g/mol. The molecule has 1 aromatic heterocycles. The number of para-hydroxylation sites is 1. The molecule has 8 aromatic carbocycles. The number of benzene rings is 8. The Morgan fingerprint density at radius 2 is 1.00 bits per heavy atom. The van der Waals surface area contributed by atoms with Gasteiger partial charge in [-0.05, 0) is 101 Å². The number of fused-ring (bicyclic) bond motifs is 5. The molecule has 1 aliphatic rings. The molecular weight excluding hydrogens is 532 g/mol. The Morgan fingerprint density at radius 1 is 0.432 bits per heavy atom. The third-order valence-corrected chi connectivity index (χ3v) is 10.2. The molecule has 44 heavy (non-hydrogen) atoms. The van der Waals surface area contributed by atoms with Gasteiger partial charge in [0.15, 0.2) is 0 Å². The highest BCUT2D eigenvalue weighted by Crippen LogP contribution is 2.53. The summed E-state index contributed by atoms with van der Waals surface area (Å²) in [6, 6.07) is 49.1. The Bertz CT molecular complexity index is 2630. The van der Waals surface area contributed by atoms with Gasteiger partial charge in [-0.2, -0.15) is 0 Å². The van der Waals surface area contributed by atoms with E-state index in [1.807, 2.05) is 6.07 Å². The molecule has 1 heteroatoms. The van der Waals surface area contributed by atoms with E-state index in [0.717, 1.165) is 21.9 Å². The van der Waals surface area contributed by atoms with Gasteiger partial charge in [0.1, 0.15) is 11.2 Å². The fourth-order valence-electron chi connectivity index (χ4n) is 8.25. The summed E-state index contributed by atoms with van der Waals surface area (Å²) in [5, 5.41) is 12.8. The topological polar surface area (TPSA) is 13.1 Å². The minimum atomic E-state index is -0.0245. The Labute approximate surface area is 255 Å². The van der Waals surface area contributed by atoms with Crippen molar-refractivity contribution in [1.82, 2.24) is 0 Å². The first-order chi connectivity index (χ1) is 21.6. The summed E-state index contributed by atoms with van der Waals surface area (Å²) in [5.74, 6) is 0. The third-order valence-electron chi connectivity index (χ3n) is 10.2. The van der Waals surface area contributed by atoms with Crippen molar-refractivity contribution >= 4 is 65.0 Å². The second kappa shape index (κ2) is 8.36. The average Bonchev–Trinajstić information content (AvgIpc) is 3.55. The fourth-order valence-corrected chi connectivity index (χ4v) is 8.25. The van der Waals surface area contributed by atoms with Crippen LogP contribution in [-0.2, 0) is 5.41 Å². The maximum Gasteiger partial charge on any atom is 0.136 e. The van der Waals surface area contributed by atoms with E-state index in [1.54, 1.807) is 0 Å². The largest absolute Gasteiger partial charge is 0.456 e. The lowest BCUT2D eigenvalue weighted by Crippen LogP contribution is -2.14. The maximum atomic E-state index is 6.35. The second-order valence-corrected chi connectivity index (χ2v) is 12.8. The highest BCUT2D eigenvalue weighted by atomic mass is 16.3. The molecule has 0 saturated heterocycles. The first-order valence-electron chi connectivity index (χ1n) is 15.4. The molecule has 0 radical (unpaired) electrons. The van der Waals surface area contributed by atoms with Crippen LogP contribution in [0.4, 0.5) is 0 Å². The molecule has 1 nitrogen and oxygen atoms in total. The summed E-state index contributed by atoms with van der Waals surface area (Å²) in [6.07, 6.45) is 0. The van der Waals surface area contributed by atoms with Crippen molar-refractivity contribution in [3.63, 3.8) is 0 Å². The number of rotatable bonds is 2. The molecule has 0 bridgehead atoms. The molecule has 0 aliphatic heterocycles. The smallest absolute Gasteiger partial charge is 0.136 e. The van der Waals surface area contributed by atoms with Crippen LogP contribution < -0.4 is 0 Å². The molecule has 0 atom stereocenters. The van der Waals surface area contributed by atoms with Gasteiger partial charge in [0, 0.05) is 16.2 Å². The van der Waals surface area contributed by atoms with Crippen molar-refractivity contribution in [3.8, 4) is 22.3 Å². The Kier molecular flexibility index (Phi) is 4.58. The molecule has 9 aromatic rings. The number of furan rings is 1. The van der Waals surface area contributed by atoms with E-state index in [1.165, 1.54) is 76.5 Å². The Morgan fingerprint density at radius 3 is 1.73 bits per heavy atom. The maximum absolute atomic E-state index is 6.35. The summed E-state index contributed by atoms with van der Waals surface area (Å²) in [7, 11) is 0. The zero-order valence-corrected chi connectivity index (χ0v) is 24.6. The third kappa shape index (κ3) is 2.99. The van der Waals surface area contributed by atoms with Gasteiger partial charge >= 0.3 is 0 Å². The van der Waals surface area contributed by atoms with Crippen molar-refractivity contribution in [2.24, 2.45) is 0 Å². The molecule has 1 aliphatic carbocycles. The summed E-state index contributed by atoms with van der Waals surface area (Å²) >= 11 is 0. The fraction of sp³-hybridized carbons (Fsp3) is 0.0698. The Balaban J connectivity index is 1.35. The van der Waals surface area contributed by atoms with Gasteiger partial charge in [-0.15, -0.1) is 0 Å². The van der Waals surface area contributed by atoms with Gasteiger partial charge in [0.05, 0.1) is 0 Å². The van der Waals surface area contributed by atoms with Gasteiger partial charge in [0.2, 0.25) is 0 Å². The van der Waals surface area contributed by atoms with E-state index < -0.39 is 0 Å². The summed E-state index contributed by atoms with van der Waals surface area (Å²) in [5.41, 5.74) is 9.71. The number of hydrogen-bond donors (Lipinski definition) is 0. The molecule has 0 amide bonds. The predicted octanol–water partition coefficient (Wildman–Crippen LogP) is 12.2. The standard InChI is InChI=1S/C43H28O/c1-43(2)35-18-9-11-25-23-34(33-17-10-19-36(43)42(33)40(25)35)41-31-15-5-3-13-29(31)39(30-14-4-6-16-32(30)41)26-21-22-28-27-12-7-8-20-37(27)44-38(28)24-26/h3-24H,1-2H3. The molecule has 0 saturated carbocycles. The van der Waals surface area contributed by atoms with Crippen molar-refractivity contribution in [3.05, 3.63) is 145 Å². The summed E-state index contributed by atoms with van der Waals surface area (Å²) in [4.78, 5) is 0. The Hall–Kier alpha value is -5.40. The van der Waals surface area contributed by atoms with Crippen LogP contribution in [0, 0.1) is 0 Å². The van der Waals surface area contributed by atoms with Gasteiger partial charge in [-0.25, -0.2) is 0 Å². The molecule has 0 N–H and O–H groups in total. The molecular formula is C43H28O. The van der Waals surface area contributed by atoms with Crippen molar-refractivity contribution in [2.45, 2.75) is 19.3 Å². The van der Waals surface area contributed by atoms with E-state index in [9.17, 15) is 0 Å². The highest BCUT2D eigenvalue weighted by molar-refractivity contribution is 6.27. The van der Waals surface area contributed by atoms with E-state index in [2.05, 4.69) is 141 Å². The van der Waals surface area contributed by atoms with Crippen molar-refractivity contribution < 1.29 is 4.42 Å². The van der Waals surface area contributed by atoms with Crippen LogP contribution in [0.3, 0.4) is 0 Å². The minimum absolute atomic E-state index is 0.0245. The van der Waals surface area contributed by atoms with E-state index in [-0.39, 0.29) is 5.41 Å². The average molecular weight is 561 g/mol. The van der Waals surface area contributed by atoms with Crippen LogP contribution in [0.1, 0.15) is 25.0 Å². The van der Waals surface area contributed by atoms with Crippen LogP contribution in [0.25, 0.3) is 87.3 Å². The zero-order valence-electron chi connectivity index (χ0n) is 24.6. The highest BCUT2D eigenvalue weighted by Gasteiger charge is 2.34. The van der Waals surface area contributed by atoms with Crippen LogP contribution in [0.15, 0.2) is 138 Å². The summed E-state index contributed by atoms with van der Waals surface area (Å²) < 4.78 is 6.35. The lowest BCUT2D eigenvalue weighted by atomic mass is 9.81.